The SMILES string of the molecule is COc1ccc(-c2csc3ncn([C@@H]4CCN(C)C4)c(=O)c23)cc1OC. The fourth-order valence-corrected chi connectivity index (χ4v) is 4.47. The number of hydrogen-bond donors (Lipinski definition) is 0. The average Bonchev–Trinajstić information content (AvgIpc) is 3.28. The lowest BCUT2D eigenvalue weighted by atomic mass is 10.1. The van der Waals surface area contributed by atoms with E-state index in [4.69, 9.17) is 9.47 Å². The van der Waals surface area contributed by atoms with Crippen molar-refractivity contribution in [3.05, 3.63) is 40.3 Å². The molecule has 7 heteroatoms. The first-order chi connectivity index (χ1) is 12.6. The smallest absolute Gasteiger partial charge is 0.263 e. The van der Waals surface area contributed by atoms with E-state index in [0.717, 1.165) is 35.5 Å². The zero-order valence-corrected chi connectivity index (χ0v) is 15.9. The molecular weight excluding hydrogens is 350 g/mol. The summed E-state index contributed by atoms with van der Waals surface area (Å²) in [6.45, 7) is 1.88. The van der Waals surface area contributed by atoms with Crippen LogP contribution >= 0.6 is 11.3 Å². The third kappa shape index (κ3) is 2.77. The molecule has 0 spiro atoms. The average molecular weight is 371 g/mol. The maximum Gasteiger partial charge on any atom is 0.263 e. The van der Waals surface area contributed by atoms with Gasteiger partial charge in [0.25, 0.3) is 5.56 Å². The molecule has 1 aliphatic rings. The van der Waals surface area contributed by atoms with Crippen LogP contribution in [0.1, 0.15) is 12.5 Å². The first-order valence-corrected chi connectivity index (χ1v) is 9.39. The van der Waals surface area contributed by atoms with Crippen molar-refractivity contribution in [3.63, 3.8) is 0 Å². The maximum absolute atomic E-state index is 13.2. The molecule has 1 saturated heterocycles. The summed E-state index contributed by atoms with van der Waals surface area (Å²) < 4.78 is 12.5. The Balaban J connectivity index is 1.85. The fourth-order valence-electron chi connectivity index (χ4n) is 3.56. The van der Waals surface area contributed by atoms with E-state index >= 15 is 0 Å². The lowest BCUT2D eigenvalue weighted by molar-refractivity contribution is 0.355. The van der Waals surface area contributed by atoms with E-state index in [-0.39, 0.29) is 11.6 Å². The van der Waals surface area contributed by atoms with Gasteiger partial charge < -0.3 is 14.4 Å². The van der Waals surface area contributed by atoms with Crippen LogP contribution in [0.5, 0.6) is 11.5 Å². The van der Waals surface area contributed by atoms with Gasteiger partial charge >= 0.3 is 0 Å². The molecule has 1 aromatic carbocycles. The minimum atomic E-state index is 0.0290. The van der Waals surface area contributed by atoms with Gasteiger partial charge in [0, 0.05) is 17.5 Å². The van der Waals surface area contributed by atoms with Gasteiger partial charge in [0.2, 0.25) is 0 Å². The minimum absolute atomic E-state index is 0.0290. The number of nitrogens with zero attached hydrogens (tertiary/aromatic N) is 3. The van der Waals surface area contributed by atoms with Crippen molar-refractivity contribution >= 4 is 21.6 Å². The lowest BCUT2D eigenvalue weighted by Gasteiger charge is -2.14. The third-order valence-electron chi connectivity index (χ3n) is 4.97. The molecule has 6 nitrogen and oxygen atoms in total. The molecular formula is C19H21N3O3S. The van der Waals surface area contributed by atoms with Crippen LogP contribution in [0.25, 0.3) is 21.3 Å². The van der Waals surface area contributed by atoms with Crippen LogP contribution in [0.15, 0.2) is 34.7 Å². The monoisotopic (exact) mass is 371 g/mol. The Bertz CT molecular complexity index is 1010. The normalized spacial score (nSPS) is 17.7. The number of benzene rings is 1. The number of rotatable bonds is 4. The first kappa shape index (κ1) is 17.1. The highest BCUT2D eigenvalue weighted by molar-refractivity contribution is 7.17. The van der Waals surface area contributed by atoms with Gasteiger partial charge in [0.1, 0.15) is 4.83 Å². The van der Waals surface area contributed by atoms with E-state index in [2.05, 4.69) is 16.9 Å². The van der Waals surface area contributed by atoms with Crippen LogP contribution in [-0.4, -0.2) is 48.8 Å². The summed E-state index contributed by atoms with van der Waals surface area (Å²) >= 11 is 1.49. The largest absolute Gasteiger partial charge is 0.493 e. The summed E-state index contributed by atoms with van der Waals surface area (Å²) in [6.07, 6.45) is 2.67. The van der Waals surface area contributed by atoms with Gasteiger partial charge in [-0.2, -0.15) is 0 Å². The molecule has 136 valence electrons. The highest BCUT2D eigenvalue weighted by atomic mass is 32.1. The maximum atomic E-state index is 13.2. The first-order valence-electron chi connectivity index (χ1n) is 8.51. The summed E-state index contributed by atoms with van der Waals surface area (Å²) in [6, 6.07) is 5.89. The molecule has 1 fully saturated rings. The predicted molar refractivity (Wildman–Crippen MR) is 104 cm³/mol. The number of hydrogen-bond acceptors (Lipinski definition) is 6. The molecule has 0 unspecified atom stereocenters. The van der Waals surface area contributed by atoms with Gasteiger partial charge in [0.15, 0.2) is 11.5 Å². The van der Waals surface area contributed by atoms with Crippen molar-refractivity contribution in [2.75, 3.05) is 34.4 Å². The molecule has 26 heavy (non-hydrogen) atoms. The fraction of sp³-hybridized carbons (Fsp3) is 0.368. The van der Waals surface area contributed by atoms with E-state index in [0.29, 0.717) is 16.9 Å². The molecule has 0 aliphatic carbocycles. The Kier molecular flexibility index (Phi) is 4.42. The number of likely N-dealkylation sites (N-methyl/N-ethyl adjacent to an activating group) is 1. The van der Waals surface area contributed by atoms with Crippen LogP contribution in [0.4, 0.5) is 0 Å². The molecule has 3 heterocycles. The number of likely N-dealkylation sites (tertiary alicyclic amines) is 1. The predicted octanol–water partition coefficient (Wildman–Crippen LogP) is 3.02. The molecule has 3 aromatic rings. The van der Waals surface area contributed by atoms with Crippen molar-refractivity contribution in [2.24, 2.45) is 0 Å². The molecule has 0 radical (unpaired) electrons. The Hall–Kier alpha value is -2.38. The quantitative estimate of drug-likeness (QED) is 0.706. The van der Waals surface area contributed by atoms with Gasteiger partial charge in [-0.15, -0.1) is 11.3 Å². The summed E-state index contributed by atoms with van der Waals surface area (Å²) in [5, 5.41) is 2.67. The van der Waals surface area contributed by atoms with Gasteiger partial charge in [-0.1, -0.05) is 6.07 Å². The summed E-state index contributed by atoms with van der Waals surface area (Å²) in [5.74, 6) is 1.31. The van der Waals surface area contributed by atoms with Crippen molar-refractivity contribution in [3.8, 4) is 22.6 Å². The Morgan fingerprint density at radius 1 is 1.23 bits per heavy atom. The van der Waals surface area contributed by atoms with Gasteiger partial charge in [0.05, 0.1) is 32.0 Å². The Labute approximate surface area is 155 Å². The van der Waals surface area contributed by atoms with E-state index in [9.17, 15) is 4.79 Å². The van der Waals surface area contributed by atoms with Crippen molar-refractivity contribution in [1.82, 2.24) is 14.5 Å². The second kappa shape index (κ2) is 6.74. The van der Waals surface area contributed by atoms with E-state index < -0.39 is 0 Å². The van der Waals surface area contributed by atoms with Crippen molar-refractivity contribution in [2.45, 2.75) is 12.5 Å². The van der Waals surface area contributed by atoms with Crippen LogP contribution in [0.2, 0.25) is 0 Å². The zero-order valence-electron chi connectivity index (χ0n) is 15.1. The molecule has 1 aliphatic heterocycles. The zero-order chi connectivity index (χ0) is 18.3. The van der Waals surface area contributed by atoms with E-state index in [1.807, 2.05) is 23.6 Å². The number of ether oxygens (including phenoxy) is 2. The number of aromatic nitrogens is 2. The number of fused-ring (bicyclic) bond motifs is 1. The van der Waals surface area contributed by atoms with Crippen LogP contribution < -0.4 is 15.0 Å². The topological polar surface area (TPSA) is 56.6 Å². The second-order valence-corrected chi connectivity index (χ2v) is 7.42. The minimum Gasteiger partial charge on any atom is -0.493 e. The van der Waals surface area contributed by atoms with E-state index in [1.165, 1.54) is 11.3 Å². The second-order valence-electron chi connectivity index (χ2n) is 6.56. The summed E-state index contributed by atoms with van der Waals surface area (Å²) in [5.41, 5.74) is 1.85. The molecule has 4 rings (SSSR count). The standard InChI is InChI=1S/C19H21N3O3S/c1-21-7-6-13(9-21)22-11-20-18-17(19(22)23)14(10-26-18)12-4-5-15(24-2)16(8-12)25-3/h4-5,8,10-11,13H,6-7,9H2,1-3H3/t13-/m1/s1. The van der Waals surface area contributed by atoms with Crippen LogP contribution in [-0.2, 0) is 0 Å². The third-order valence-corrected chi connectivity index (χ3v) is 5.86. The van der Waals surface area contributed by atoms with Gasteiger partial charge in [-0.25, -0.2) is 4.98 Å². The molecule has 2 aromatic heterocycles. The van der Waals surface area contributed by atoms with Gasteiger partial charge in [-0.3, -0.25) is 9.36 Å². The van der Waals surface area contributed by atoms with Gasteiger partial charge in [-0.05, 0) is 37.7 Å². The van der Waals surface area contributed by atoms with E-state index in [1.54, 1.807) is 25.1 Å². The Morgan fingerprint density at radius 2 is 2.04 bits per heavy atom. The lowest BCUT2D eigenvalue weighted by Crippen LogP contribution is -2.26. The van der Waals surface area contributed by atoms with Crippen molar-refractivity contribution < 1.29 is 9.47 Å². The van der Waals surface area contributed by atoms with Crippen LogP contribution in [0, 0.1) is 0 Å². The summed E-state index contributed by atoms with van der Waals surface area (Å²) in [4.78, 5) is 20.8. The molecule has 0 bridgehead atoms. The number of methoxy groups -OCH3 is 2. The Morgan fingerprint density at radius 3 is 2.73 bits per heavy atom. The molecule has 0 N–H and O–H groups in total. The molecule has 1 atom stereocenters. The highest BCUT2D eigenvalue weighted by Crippen LogP contribution is 2.36. The van der Waals surface area contributed by atoms with Crippen LogP contribution in [0.3, 0.4) is 0 Å². The number of thiophene rings is 1. The summed E-state index contributed by atoms with van der Waals surface area (Å²) in [7, 11) is 5.30. The van der Waals surface area contributed by atoms with Crippen molar-refractivity contribution in [1.29, 1.82) is 0 Å². The molecule has 0 saturated carbocycles. The highest BCUT2D eigenvalue weighted by Gasteiger charge is 2.24. The molecule has 0 amide bonds.